The van der Waals surface area contributed by atoms with Crippen molar-refractivity contribution in [3.8, 4) is 0 Å². The normalized spacial score (nSPS) is 10.2. The zero-order chi connectivity index (χ0) is 13.8. The van der Waals surface area contributed by atoms with Gasteiger partial charge in [-0.1, -0.05) is 18.3 Å². The highest BCUT2D eigenvalue weighted by Gasteiger charge is 2.05. The zero-order valence-corrected chi connectivity index (χ0v) is 11.8. The second-order valence-electron chi connectivity index (χ2n) is 4.42. The number of hydrogen-bond acceptors (Lipinski definition) is 4. The summed E-state index contributed by atoms with van der Waals surface area (Å²) in [7, 11) is 0. The number of hydrogen-bond donors (Lipinski definition) is 2. The third kappa shape index (κ3) is 3.48. The molecule has 2 aromatic rings. The molecule has 0 saturated carbocycles. The number of benzene rings is 1. The molecule has 0 unspecified atom stereocenters. The van der Waals surface area contributed by atoms with E-state index in [1.165, 1.54) is 0 Å². The summed E-state index contributed by atoms with van der Waals surface area (Å²) < 4.78 is 0. The van der Waals surface area contributed by atoms with Crippen molar-refractivity contribution >= 4 is 22.9 Å². The number of thiocarbonyl (C=S) groups is 1. The highest BCUT2D eigenvalue weighted by atomic mass is 32.1. The summed E-state index contributed by atoms with van der Waals surface area (Å²) in [6, 6.07) is 5.95. The maximum absolute atomic E-state index is 5.72. The van der Waals surface area contributed by atoms with Crippen LogP contribution in [-0.2, 0) is 6.54 Å². The van der Waals surface area contributed by atoms with Crippen molar-refractivity contribution in [2.24, 2.45) is 5.73 Å². The van der Waals surface area contributed by atoms with Crippen LogP contribution >= 0.6 is 12.2 Å². The summed E-state index contributed by atoms with van der Waals surface area (Å²) in [5.41, 5.74) is 10.4. The third-order valence-electron chi connectivity index (χ3n) is 2.73. The van der Waals surface area contributed by atoms with E-state index in [0.717, 1.165) is 28.2 Å². The van der Waals surface area contributed by atoms with E-state index in [2.05, 4.69) is 15.3 Å². The number of aromatic nitrogens is 2. The number of nitrogens with zero attached hydrogens (tertiary/aromatic N) is 2. The van der Waals surface area contributed by atoms with Crippen LogP contribution in [0.5, 0.6) is 0 Å². The fraction of sp³-hybridized carbons (Fsp3) is 0.214. The van der Waals surface area contributed by atoms with Crippen LogP contribution in [0.3, 0.4) is 0 Å². The van der Waals surface area contributed by atoms with Crippen LogP contribution in [0.25, 0.3) is 0 Å². The fourth-order valence-corrected chi connectivity index (χ4v) is 1.89. The lowest BCUT2D eigenvalue weighted by Crippen LogP contribution is -2.13. The molecular formula is C14H16N4S. The van der Waals surface area contributed by atoms with Gasteiger partial charge in [0.15, 0.2) is 0 Å². The van der Waals surface area contributed by atoms with E-state index in [-0.39, 0.29) is 0 Å². The van der Waals surface area contributed by atoms with Crippen LogP contribution < -0.4 is 11.1 Å². The van der Waals surface area contributed by atoms with Crippen molar-refractivity contribution in [1.29, 1.82) is 0 Å². The second kappa shape index (κ2) is 5.75. The Labute approximate surface area is 118 Å². The first-order chi connectivity index (χ1) is 9.06. The van der Waals surface area contributed by atoms with Crippen molar-refractivity contribution in [3.63, 3.8) is 0 Å². The van der Waals surface area contributed by atoms with Gasteiger partial charge in [0.1, 0.15) is 4.99 Å². The molecule has 0 amide bonds. The average Bonchev–Trinajstić information content (AvgIpc) is 2.38. The summed E-state index contributed by atoms with van der Waals surface area (Å²) in [5.74, 6) is 0. The van der Waals surface area contributed by atoms with Crippen molar-refractivity contribution < 1.29 is 0 Å². The van der Waals surface area contributed by atoms with Crippen LogP contribution in [-0.4, -0.2) is 15.0 Å². The van der Waals surface area contributed by atoms with Crippen molar-refractivity contribution in [1.82, 2.24) is 9.97 Å². The molecular weight excluding hydrogens is 256 g/mol. The molecule has 1 heterocycles. The Bertz CT molecular complexity index is 593. The van der Waals surface area contributed by atoms with Gasteiger partial charge in [0.25, 0.3) is 0 Å². The van der Waals surface area contributed by atoms with Crippen molar-refractivity contribution in [2.45, 2.75) is 20.4 Å². The second-order valence-corrected chi connectivity index (χ2v) is 4.86. The highest BCUT2D eigenvalue weighted by Crippen LogP contribution is 2.18. The highest BCUT2D eigenvalue weighted by molar-refractivity contribution is 7.80. The molecule has 2 rings (SSSR count). The summed E-state index contributed by atoms with van der Waals surface area (Å²) in [6.45, 7) is 4.53. The molecule has 0 radical (unpaired) electrons. The van der Waals surface area contributed by atoms with Crippen molar-refractivity contribution in [3.05, 3.63) is 53.1 Å². The number of rotatable bonds is 4. The first-order valence-electron chi connectivity index (χ1n) is 5.98. The first kappa shape index (κ1) is 13.4. The molecule has 0 fully saturated rings. The summed E-state index contributed by atoms with van der Waals surface area (Å²) >= 11 is 5.05. The van der Waals surface area contributed by atoms with E-state index in [9.17, 15) is 0 Å². The van der Waals surface area contributed by atoms with E-state index in [4.69, 9.17) is 18.0 Å². The van der Waals surface area contributed by atoms with Crippen LogP contribution in [0.2, 0.25) is 0 Å². The molecule has 1 aromatic carbocycles. The van der Waals surface area contributed by atoms with Crippen LogP contribution in [0, 0.1) is 13.8 Å². The lowest BCUT2D eigenvalue weighted by atomic mass is 10.1. The smallest absolute Gasteiger partial charge is 0.106 e. The quantitative estimate of drug-likeness (QED) is 0.836. The predicted octanol–water partition coefficient (Wildman–Crippen LogP) is 2.34. The molecule has 1 aromatic heterocycles. The minimum absolute atomic E-state index is 0.387. The Hall–Kier alpha value is -2.01. The molecule has 0 bridgehead atoms. The summed E-state index contributed by atoms with van der Waals surface area (Å²) in [5, 5.41) is 3.30. The van der Waals surface area contributed by atoms with E-state index in [1.54, 1.807) is 12.4 Å². The number of aryl methyl sites for hydroxylation is 2. The van der Waals surface area contributed by atoms with Gasteiger partial charge in [-0.05, 0) is 31.5 Å². The Morgan fingerprint density at radius 1 is 1.26 bits per heavy atom. The van der Waals surface area contributed by atoms with E-state index >= 15 is 0 Å². The fourth-order valence-electron chi connectivity index (χ4n) is 1.72. The first-order valence-corrected chi connectivity index (χ1v) is 6.39. The molecule has 19 heavy (non-hydrogen) atoms. The molecule has 0 saturated heterocycles. The number of nitrogens with two attached hydrogens (primary N) is 1. The SMILES string of the molecule is Cc1ccc(C(N)=S)c(NCc2cnc(C)cn2)c1. The van der Waals surface area contributed by atoms with Gasteiger partial charge in [0, 0.05) is 17.4 Å². The van der Waals surface area contributed by atoms with Gasteiger partial charge < -0.3 is 11.1 Å². The van der Waals surface area contributed by atoms with E-state index < -0.39 is 0 Å². The molecule has 5 heteroatoms. The largest absolute Gasteiger partial charge is 0.389 e. The topological polar surface area (TPSA) is 63.8 Å². The molecule has 4 nitrogen and oxygen atoms in total. The molecule has 0 aliphatic heterocycles. The predicted molar refractivity (Wildman–Crippen MR) is 81.2 cm³/mol. The molecule has 0 atom stereocenters. The van der Waals surface area contributed by atoms with Crippen molar-refractivity contribution in [2.75, 3.05) is 5.32 Å². The Balaban J connectivity index is 2.16. The van der Waals surface area contributed by atoms with Gasteiger partial charge in [-0.15, -0.1) is 0 Å². The average molecular weight is 272 g/mol. The van der Waals surface area contributed by atoms with Crippen LogP contribution in [0.1, 0.15) is 22.5 Å². The van der Waals surface area contributed by atoms with Gasteiger partial charge in [0.2, 0.25) is 0 Å². The number of nitrogens with one attached hydrogen (secondary N) is 1. The van der Waals surface area contributed by atoms with Gasteiger partial charge in [-0.2, -0.15) is 0 Å². The van der Waals surface area contributed by atoms with Gasteiger partial charge in [-0.3, -0.25) is 9.97 Å². The zero-order valence-electron chi connectivity index (χ0n) is 11.0. The Morgan fingerprint density at radius 2 is 2.05 bits per heavy atom. The maximum atomic E-state index is 5.72. The molecule has 3 N–H and O–H groups in total. The molecule has 98 valence electrons. The van der Waals surface area contributed by atoms with E-state index in [0.29, 0.717) is 11.5 Å². The Kier molecular flexibility index (Phi) is 4.06. The molecule has 0 aliphatic rings. The lowest BCUT2D eigenvalue weighted by molar-refractivity contribution is 0.984. The van der Waals surface area contributed by atoms with Gasteiger partial charge in [-0.25, -0.2) is 0 Å². The molecule has 0 aliphatic carbocycles. The molecule has 0 spiro atoms. The monoisotopic (exact) mass is 272 g/mol. The maximum Gasteiger partial charge on any atom is 0.106 e. The van der Waals surface area contributed by atoms with Gasteiger partial charge in [0.05, 0.1) is 24.1 Å². The summed E-state index contributed by atoms with van der Waals surface area (Å²) in [6.07, 6.45) is 3.51. The van der Waals surface area contributed by atoms with Gasteiger partial charge >= 0.3 is 0 Å². The number of anilines is 1. The minimum Gasteiger partial charge on any atom is -0.389 e. The third-order valence-corrected chi connectivity index (χ3v) is 2.95. The summed E-state index contributed by atoms with van der Waals surface area (Å²) in [4.78, 5) is 8.90. The van der Waals surface area contributed by atoms with E-state index in [1.807, 2.05) is 32.0 Å². The standard InChI is InChI=1S/C14H16N4S/c1-9-3-4-12(14(15)19)13(5-9)18-8-11-7-16-10(2)6-17-11/h3-7,18H,8H2,1-2H3,(H2,15,19). The lowest BCUT2D eigenvalue weighted by Gasteiger charge is -2.11. The van der Waals surface area contributed by atoms with Crippen LogP contribution in [0.4, 0.5) is 5.69 Å². The Morgan fingerprint density at radius 3 is 2.68 bits per heavy atom. The van der Waals surface area contributed by atoms with Crippen LogP contribution in [0.15, 0.2) is 30.6 Å². The minimum atomic E-state index is 0.387.